The van der Waals surface area contributed by atoms with Gasteiger partial charge in [-0.25, -0.2) is 0 Å². The Morgan fingerprint density at radius 2 is 1.89 bits per heavy atom. The van der Waals surface area contributed by atoms with Gasteiger partial charge in [0.05, 0.1) is 0 Å². The van der Waals surface area contributed by atoms with E-state index in [1.807, 2.05) is 0 Å². The lowest BCUT2D eigenvalue weighted by atomic mass is 10.0. The molecule has 1 aromatic heterocycles. The molecule has 100 valence electrons. The number of anilines is 1. The average molecular weight is 249 g/mol. The van der Waals surface area contributed by atoms with Crippen LogP contribution in [-0.2, 0) is 6.42 Å². The minimum absolute atomic E-state index is 0.359. The van der Waals surface area contributed by atoms with Gasteiger partial charge in [-0.2, -0.15) is 4.98 Å². The Labute approximate surface area is 108 Å². The van der Waals surface area contributed by atoms with E-state index in [1.54, 1.807) is 0 Å². The molecular formula is C13H23N5. The van der Waals surface area contributed by atoms with Gasteiger partial charge in [-0.3, -0.25) is 5.10 Å². The second-order valence-corrected chi connectivity index (χ2v) is 5.76. The normalized spacial score (nSPS) is 22.8. The van der Waals surface area contributed by atoms with E-state index < -0.39 is 0 Å². The van der Waals surface area contributed by atoms with E-state index in [4.69, 9.17) is 5.73 Å². The minimum Gasteiger partial charge on any atom is -0.339 e. The molecule has 1 aromatic rings. The van der Waals surface area contributed by atoms with E-state index in [0.717, 1.165) is 50.0 Å². The van der Waals surface area contributed by atoms with Gasteiger partial charge in [-0.05, 0) is 18.8 Å². The second-order valence-electron chi connectivity index (χ2n) is 5.76. The molecule has 3 N–H and O–H groups in total. The lowest BCUT2D eigenvalue weighted by Gasteiger charge is -2.28. The summed E-state index contributed by atoms with van der Waals surface area (Å²) in [7, 11) is 0. The summed E-state index contributed by atoms with van der Waals surface area (Å²) in [5.41, 5.74) is 5.91. The molecule has 0 radical (unpaired) electrons. The van der Waals surface area contributed by atoms with Crippen molar-refractivity contribution in [1.82, 2.24) is 15.2 Å². The summed E-state index contributed by atoms with van der Waals surface area (Å²) in [6.45, 7) is 1.98. The molecule has 1 saturated carbocycles. The van der Waals surface area contributed by atoms with Crippen LogP contribution in [0.1, 0.15) is 44.3 Å². The third-order valence-corrected chi connectivity index (χ3v) is 4.30. The number of aromatic nitrogens is 3. The van der Waals surface area contributed by atoms with Crippen LogP contribution in [-0.4, -0.2) is 34.3 Å². The average Bonchev–Trinajstić information content (AvgIpc) is 3.02. The van der Waals surface area contributed by atoms with Gasteiger partial charge in [0.25, 0.3) is 0 Å². The van der Waals surface area contributed by atoms with E-state index >= 15 is 0 Å². The summed E-state index contributed by atoms with van der Waals surface area (Å²) in [5, 5.41) is 7.46. The number of rotatable bonds is 3. The SMILES string of the molecule is NC1CCN(c2n[nH]c(CC3CCCC3)n2)CC1. The minimum atomic E-state index is 0.359. The molecule has 1 aliphatic heterocycles. The smallest absolute Gasteiger partial charge is 0.244 e. The van der Waals surface area contributed by atoms with Crippen LogP contribution in [0.25, 0.3) is 0 Å². The van der Waals surface area contributed by atoms with Crippen molar-refractivity contribution in [1.29, 1.82) is 0 Å². The van der Waals surface area contributed by atoms with Crippen LogP contribution in [0.5, 0.6) is 0 Å². The van der Waals surface area contributed by atoms with Gasteiger partial charge >= 0.3 is 0 Å². The van der Waals surface area contributed by atoms with Gasteiger partial charge in [0.2, 0.25) is 5.95 Å². The van der Waals surface area contributed by atoms with Crippen LogP contribution in [0.4, 0.5) is 5.95 Å². The molecule has 1 aliphatic carbocycles. The first-order valence-electron chi connectivity index (χ1n) is 7.23. The molecule has 0 amide bonds. The number of nitrogens with zero attached hydrogens (tertiary/aromatic N) is 3. The second kappa shape index (κ2) is 5.26. The number of hydrogen-bond acceptors (Lipinski definition) is 4. The van der Waals surface area contributed by atoms with E-state index in [0.29, 0.717) is 6.04 Å². The standard InChI is InChI=1S/C13H23N5/c14-11-5-7-18(8-6-11)13-15-12(16-17-13)9-10-3-1-2-4-10/h10-11H,1-9,14H2,(H,15,16,17). The maximum Gasteiger partial charge on any atom is 0.244 e. The Morgan fingerprint density at radius 3 is 2.61 bits per heavy atom. The summed E-state index contributed by atoms with van der Waals surface area (Å²) >= 11 is 0. The van der Waals surface area contributed by atoms with Crippen molar-refractivity contribution in [2.75, 3.05) is 18.0 Å². The van der Waals surface area contributed by atoms with Crippen molar-refractivity contribution in [3.63, 3.8) is 0 Å². The number of H-pyrrole nitrogens is 1. The zero-order valence-corrected chi connectivity index (χ0v) is 10.9. The fourth-order valence-electron chi connectivity index (χ4n) is 3.11. The van der Waals surface area contributed by atoms with E-state index in [-0.39, 0.29) is 0 Å². The molecule has 2 heterocycles. The molecule has 0 bridgehead atoms. The van der Waals surface area contributed by atoms with E-state index in [1.165, 1.54) is 25.7 Å². The van der Waals surface area contributed by atoms with Crippen molar-refractivity contribution in [3.8, 4) is 0 Å². The molecule has 2 aliphatic rings. The monoisotopic (exact) mass is 249 g/mol. The number of nitrogens with one attached hydrogen (secondary N) is 1. The summed E-state index contributed by atoms with van der Waals surface area (Å²) < 4.78 is 0. The number of aromatic amines is 1. The fourth-order valence-corrected chi connectivity index (χ4v) is 3.11. The molecule has 2 fully saturated rings. The lowest BCUT2D eigenvalue weighted by Crippen LogP contribution is -2.40. The molecule has 0 aromatic carbocycles. The number of piperidine rings is 1. The zero-order chi connectivity index (χ0) is 12.4. The summed E-state index contributed by atoms with van der Waals surface area (Å²) in [6.07, 6.45) is 8.65. The Hall–Kier alpha value is -1.10. The number of hydrogen-bond donors (Lipinski definition) is 2. The summed E-state index contributed by atoms with van der Waals surface area (Å²) in [4.78, 5) is 6.89. The maximum atomic E-state index is 5.91. The molecule has 0 atom stereocenters. The third-order valence-electron chi connectivity index (χ3n) is 4.30. The third kappa shape index (κ3) is 2.66. The largest absolute Gasteiger partial charge is 0.339 e. The highest BCUT2D eigenvalue weighted by Crippen LogP contribution is 2.27. The van der Waals surface area contributed by atoms with Gasteiger partial charge in [0, 0.05) is 25.6 Å². The molecule has 5 heteroatoms. The molecule has 0 unspecified atom stereocenters. The highest BCUT2D eigenvalue weighted by Gasteiger charge is 2.21. The maximum absolute atomic E-state index is 5.91. The van der Waals surface area contributed by atoms with Gasteiger partial charge in [0.15, 0.2) is 0 Å². The zero-order valence-electron chi connectivity index (χ0n) is 10.9. The van der Waals surface area contributed by atoms with Gasteiger partial charge < -0.3 is 10.6 Å². The van der Waals surface area contributed by atoms with Crippen LogP contribution in [0.2, 0.25) is 0 Å². The predicted molar refractivity (Wildman–Crippen MR) is 71.5 cm³/mol. The van der Waals surface area contributed by atoms with Crippen molar-refractivity contribution in [2.24, 2.45) is 11.7 Å². The Morgan fingerprint density at radius 1 is 1.17 bits per heavy atom. The topological polar surface area (TPSA) is 70.8 Å². The van der Waals surface area contributed by atoms with Crippen LogP contribution in [0.15, 0.2) is 0 Å². The molecule has 1 saturated heterocycles. The van der Waals surface area contributed by atoms with Crippen LogP contribution in [0, 0.1) is 5.92 Å². The predicted octanol–water partition coefficient (Wildman–Crippen LogP) is 1.46. The van der Waals surface area contributed by atoms with E-state index in [2.05, 4.69) is 20.1 Å². The van der Waals surface area contributed by atoms with Crippen molar-refractivity contribution in [2.45, 2.75) is 51.0 Å². The summed E-state index contributed by atoms with van der Waals surface area (Å²) in [5.74, 6) is 2.75. The first kappa shape index (κ1) is 12.0. The van der Waals surface area contributed by atoms with Crippen LogP contribution >= 0.6 is 0 Å². The highest BCUT2D eigenvalue weighted by molar-refractivity contribution is 5.29. The van der Waals surface area contributed by atoms with Gasteiger partial charge in [0.1, 0.15) is 5.82 Å². The molecule has 5 nitrogen and oxygen atoms in total. The molecule has 0 spiro atoms. The highest BCUT2D eigenvalue weighted by atomic mass is 15.4. The van der Waals surface area contributed by atoms with Crippen molar-refractivity contribution >= 4 is 5.95 Å². The summed E-state index contributed by atoms with van der Waals surface area (Å²) in [6, 6.07) is 0.359. The molecule has 3 rings (SSSR count). The Bertz CT molecular complexity index is 374. The van der Waals surface area contributed by atoms with Crippen LogP contribution in [0.3, 0.4) is 0 Å². The van der Waals surface area contributed by atoms with Crippen LogP contribution < -0.4 is 10.6 Å². The Kier molecular flexibility index (Phi) is 3.50. The fraction of sp³-hybridized carbons (Fsp3) is 0.846. The first-order valence-corrected chi connectivity index (χ1v) is 7.23. The van der Waals surface area contributed by atoms with Gasteiger partial charge in [-0.1, -0.05) is 25.7 Å². The van der Waals surface area contributed by atoms with E-state index in [9.17, 15) is 0 Å². The number of nitrogens with two attached hydrogens (primary N) is 1. The lowest BCUT2D eigenvalue weighted by molar-refractivity contribution is 0.495. The Balaban J connectivity index is 1.58. The quantitative estimate of drug-likeness (QED) is 0.851. The first-order chi connectivity index (χ1) is 8.81. The molecular weight excluding hydrogens is 226 g/mol. The van der Waals surface area contributed by atoms with Crippen molar-refractivity contribution in [3.05, 3.63) is 5.82 Å². The van der Waals surface area contributed by atoms with Crippen molar-refractivity contribution < 1.29 is 0 Å². The van der Waals surface area contributed by atoms with Gasteiger partial charge in [-0.15, -0.1) is 5.10 Å². The molecule has 18 heavy (non-hydrogen) atoms.